The molecule has 2 rings (SSSR count). The van der Waals surface area contributed by atoms with Crippen LogP contribution in [0.2, 0.25) is 0 Å². The normalized spacial score (nSPS) is 16.4. The number of anilines is 3. The van der Waals surface area contributed by atoms with Gasteiger partial charge in [-0.1, -0.05) is 0 Å². The van der Waals surface area contributed by atoms with Crippen LogP contribution in [-0.4, -0.2) is 60.3 Å². The Morgan fingerprint density at radius 3 is 2.62 bits per heavy atom. The van der Waals surface area contributed by atoms with Crippen LogP contribution in [-0.2, 0) is 9.53 Å². The number of hydrogen-bond donors (Lipinski definition) is 3. The van der Waals surface area contributed by atoms with Gasteiger partial charge in [0.25, 0.3) is 0 Å². The summed E-state index contributed by atoms with van der Waals surface area (Å²) in [6.45, 7) is 4.64. The Kier molecular flexibility index (Phi) is 5.09. The zero-order valence-electron chi connectivity index (χ0n) is 12.3. The summed E-state index contributed by atoms with van der Waals surface area (Å²) in [5.74, 6) is 1.11. The summed E-state index contributed by atoms with van der Waals surface area (Å²) in [5, 5.41) is 5.98. The zero-order chi connectivity index (χ0) is 15.2. The predicted octanol–water partition coefficient (Wildman–Crippen LogP) is -0.574. The van der Waals surface area contributed by atoms with Gasteiger partial charge in [0, 0.05) is 32.6 Å². The highest BCUT2D eigenvalue weighted by Gasteiger charge is 2.17. The first-order valence-electron chi connectivity index (χ1n) is 6.90. The summed E-state index contributed by atoms with van der Waals surface area (Å²) in [6.07, 6.45) is 0.216. The highest BCUT2D eigenvalue weighted by atomic mass is 16.5. The Morgan fingerprint density at radius 1 is 1.33 bits per heavy atom. The van der Waals surface area contributed by atoms with E-state index in [0.717, 1.165) is 13.1 Å². The Hall–Kier alpha value is -2.16. The molecule has 1 amide bonds. The van der Waals surface area contributed by atoms with E-state index < -0.39 is 0 Å². The summed E-state index contributed by atoms with van der Waals surface area (Å²) in [7, 11) is 1.75. The molecule has 1 saturated heterocycles. The standard InChI is InChI=1S/C12H21N7O2/c1-8(7-9(13)20)15-11-16-10(14-2)17-12(18-11)19-3-5-21-6-4-19/h8H,3-7H2,1-2H3,(H2,13,20)(H2,14,15,16,17,18). The zero-order valence-corrected chi connectivity index (χ0v) is 12.3. The van der Waals surface area contributed by atoms with Crippen molar-refractivity contribution in [1.29, 1.82) is 0 Å². The number of morpholine rings is 1. The number of amides is 1. The number of rotatable bonds is 6. The number of nitrogens with two attached hydrogens (primary N) is 1. The molecule has 0 aromatic carbocycles. The Bertz CT molecular complexity index is 490. The Morgan fingerprint density at radius 2 is 2.00 bits per heavy atom. The minimum atomic E-state index is -0.369. The van der Waals surface area contributed by atoms with Gasteiger partial charge in [-0.3, -0.25) is 4.79 Å². The van der Waals surface area contributed by atoms with E-state index in [1.807, 2.05) is 11.8 Å². The maximum Gasteiger partial charge on any atom is 0.232 e. The minimum Gasteiger partial charge on any atom is -0.378 e. The maximum atomic E-state index is 10.9. The van der Waals surface area contributed by atoms with Crippen molar-refractivity contribution in [3.63, 3.8) is 0 Å². The van der Waals surface area contributed by atoms with Gasteiger partial charge in [-0.2, -0.15) is 15.0 Å². The van der Waals surface area contributed by atoms with Gasteiger partial charge in [-0.05, 0) is 6.92 Å². The molecule has 0 bridgehead atoms. The summed E-state index contributed by atoms with van der Waals surface area (Å²) >= 11 is 0. The molecular weight excluding hydrogens is 274 g/mol. The number of primary amides is 1. The van der Waals surface area contributed by atoms with E-state index in [0.29, 0.717) is 31.1 Å². The van der Waals surface area contributed by atoms with Crippen LogP contribution >= 0.6 is 0 Å². The molecule has 116 valence electrons. The van der Waals surface area contributed by atoms with Gasteiger partial charge >= 0.3 is 0 Å². The van der Waals surface area contributed by atoms with Crippen LogP contribution in [0.15, 0.2) is 0 Å². The molecule has 1 unspecified atom stereocenters. The van der Waals surface area contributed by atoms with E-state index >= 15 is 0 Å². The number of carbonyl (C=O) groups is 1. The lowest BCUT2D eigenvalue weighted by atomic mass is 10.2. The lowest BCUT2D eigenvalue weighted by Crippen LogP contribution is -2.37. The summed E-state index contributed by atoms with van der Waals surface area (Å²) in [4.78, 5) is 26.0. The van der Waals surface area contributed by atoms with Crippen molar-refractivity contribution in [3.05, 3.63) is 0 Å². The molecule has 1 aromatic heterocycles. The number of hydrogen-bond acceptors (Lipinski definition) is 8. The molecule has 0 radical (unpaired) electrons. The fourth-order valence-electron chi connectivity index (χ4n) is 2.02. The van der Waals surface area contributed by atoms with Crippen molar-refractivity contribution in [2.45, 2.75) is 19.4 Å². The average molecular weight is 295 g/mol. The Labute approximate surface area is 123 Å². The van der Waals surface area contributed by atoms with Gasteiger partial charge in [0.15, 0.2) is 0 Å². The van der Waals surface area contributed by atoms with Crippen LogP contribution in [0.5, 0.6) is 0 Å². The number of nitrogens with one attached hydrogen (secondary N) is 2. The van der Waals surface area contributed by atoms with E-state index in [4.69, 9.17) is 10.5 Å². The second kappa shape index (κ2) is 7.02. The molecule has 9 heteroatoms. The first kappa shape index (κ1) is 15.2. The molecule has 2 heterocycles. The van der Waals surface area contributed by atoms with Gasteiger partial charge in [0.1, 0.15) is 0 Å². The lowest BCUT2D eigenvalue weighted by molar-refractivity contribution is -0.118. The van der Waals surface area contributed by atoms with Crippen LogP contribution in [0.25, 0.3) is 0 Å². The topological polar surface area (TPSA) is 118 Å². The fraction of sp³-hybridized carbons (Fsp3) is 0.667. The molecular formula is C12H21N7O2. The second-order valence-electron chi connectivity index (χ2n) is 4.85. The van der Waals surface area contributed by atoms with Crippen LogP contribution in [0.4, 0.5) is 17.8 Å². The smallest absolute Gasteiger partial charge is 0.232 e. The third-order valence-electron chi connectivity index (χ3n) is 3.02. The lowest BCUT2D eigenvalue weighted by Gasteiger charge is -2.27. The third kappa shape index (κ3) is 4.42. The van der Waals surface area contributed by atoms with Crippen molar-refractivity contribution >= 4 is 23.8 Å². The molecule has 0 spiro atoms. The van der Waals surface area contributed by atoms with Crippen LogP contribution < -0.4 is 21.3 Å². The molecule has 9 nitrogen and oxygen atoms in total. The molecule has 1 aromatic rings. The maximum absolute atomic E-state index is 10.9. The van der Waals surface area contributed by atoms with Gasteiger partial charge in [0.2, 0.25) is 23.8 Å². The van der Waals surface area contributed by atoms with E-state index in [9.17, 15) is 4.79 Å². The van der Waals surface area contributed by atoms with E-state index in [-0.39, 0.29) is 18.4 Å². The van der Waals surface area contributed by atoms with Gasteiger partial charge in [0.05, 0.1) is 13.2 Å². The van der Waals surface area contributed by atoms with Crippen LogP contribution in [0.1, 0.15) is 13.3 Å². The minimum absolute atomic E-state index is 0.146. The largest absolute Gasteiger partial charge is 0.378 e. The number of nitrogens with zero attached hydrogens (tertiary/aromatic N) is 4. The predicted molar refractivity (Wildman–Crippen MR) is 79.3 cm³/mol. The van der Waals surface area contributed by atoms with E-state index in [1.165, 1.54) is 0 Å². The van der Waals surface area contributed by atoms with Crippen LogP contribution in [0, 0.1) is 0 Å². The number of carbonyl (C=O) groups excluding carboxylic acids is 1. The highest BCUT2D eigenvalue weighted by Crippen LogP contribution is 2.15. The summed E-state index contributed by atoms with van der Waals surface area (Å²) in [5.41, 5.74) is 5.18. The fourth-order valence-corrected chi connectivity index (χ4v) is 2.02. The quantitative estimate of drug-likeness (QED) is 0.638. The molecule has 4 N–H and O–H groups in total. The summed E-state index contributed by atoms with van der Waals surface area (Å²) < 4.78 is 5.32. The van der Waals surface area contributed by atoms with Crippen molar-refractivity contribution in [2.24, 2.45) is 5.73 Å². The van der Waals surface area contributed by atoms with E-state index in [1.54, 1.807) is 7.05 Å². The Balaban J connectivity index is 2.14. The SMILES string of the molecule is CNc1nc(NC(C)CC(N)=O)nc(N2CCOCC2)n1. The van der Waals surface area contributed by atoms with E-state index in [2.05, 4.69) is 25.6 Å². The van der Waals surface area contributed by atoms with Gasteiger partial charge < -0.3 is 26.0 Å². The monoisotopic (exact) mass is 295 g/mol. The van der Waals surface area contributed by atoms with Crippen molar-refractivity contribution in [1.82, 2.24) is 15.0 Å². The first-order valence-corrected chi connectivity index (χ1v) is 6.90. The molecule has 1 fully saturated rings. The highest BCUT2D eigenvalue weighted by molar-refractivity contribution is 5.74. The summed E-state index contributed by atoms with van der Waals surface area (Å²) in [6, 6.07) is -0.146. The van der Waals surface area contributed by atoms with Gasteiger partial charge in [-0.25, -0.2) is 0 Å². The molecule has 1 aliphatic rings. The first-order chi connectivity index (χ1) is 10.1. The van der Waals surface area contributed by atoms with Crippen LogP contribution in [0.3, 0.4) is 0 Å². The van der Waals surface area contributed by atoms with Crippen molar-refractivity contribution in [3.8, 4) is 0 Å². The average Bonchev–Trinajstić information content (AvgIpc) is 2.46. The second-order valence-corrected chi connectivity index (χ2v) is 4.85. The third-order valence-corrected chi connectivity index (χ3v) is 3.02. The molecule has 21 heavy (non-hydrogen) atoms. The number of aromatic nitrogens is 3. The van der Waals surface area contributed by atoms with Gasteiger partial charge in [-0.15, -0.1) is 0 Å². The van der Waals surface area contributed by atoms with Crippen molar-refractivity contribution < 1.29 is 9.53 Å². The molecule has 1 aliphatic heterocycles. The molecule has 0 saturated carbocycles. The van der Waals surface area contributed by atoms with Crippen molar-refractivity contribution in [2.75, 3.05) is 48.9 Å². The molecule has 1 atom stereocenters. The molecule has 0 aliphatic carbocycles. The number of ether oxygens (including phenoxy) is 1.